The Morgan fingerprint density at radius 2 is 1.82 bits per heavy atom. The fourth-order valence-electron chi connectivity index (χ4n) is 4.47. The number of hydrogen-bond acceptors (Lipinski definition) is 3. The maximum Gasteiger partial charge on any atom is 0.259 e. The Morgan fingerprint density at radius 1 is 1.07 bits per heavy atom. The highest BCUT2D eigenvalue weighted by Crippen LogP contribution is 2.32. The molecule has 0 amide bonds. The van der Waals surface area contributed by atoms with Crippen LogP contribution in [0.4, 0.5) is 0 Å². The number of aryl methyl sites for hydroxylation is 2. The molecule has 142 valence electrons. The van der Waals surface area contributed by atoms with Crippen molar-refractivity contribution in [3.05, 3.63) is 64.1 Å². The Balaban J connectivity index is 1.75. The predicted molar refractivity (Wildman–Crippen MR) is 112 cm³/mol. The maximum absolute atomic E-state index is 12.7. The third kappa shape index (κ3) is 2.66. The van der Waals surface area contributed by atoms with Gasteiger partial charge in [-0.05, 0) is 55.0 Å². The molecule has 5 nitrogen and oxygen atoms in total. The summed E-state index contributed by atoms with van der Waals surface area (Å²) in [5, 5.41) is 6.27. The molecule has 0 spiro atoms. The molecule has 1 aliphatic rings. The van der Waals surface area contributed by atoms with Crippen LogP contribution in [0, 0.1) is 13.8 Å². The Bertz CT molecular complexity index is 1230. The third-order valence-corrected chi connectivity index (χ3v) is 5.87. The van der Waals surface area contributed by atoms with Crippen molar-refractivity contribution in [1.82, 2.24) is 14.8 Å². The maximum atomic E-state index is 12.7. The van der Waals surface area contributed by atoms with Gasteiger partial charge in [-0.1, -0.05) is 30.3 Å². The number of nitrogens with one attached hydrogen (secondary N) is 1. The molecule has 5 rings (SSSR count). The number of nitrogens with zero attached hydrogens (tertiary/aromatic N) is 2. The van der Waals surface area contributed by atoms with Crippen molar-refractivity contribution in [2.24, 2.45) is 0 Å². The summed E-state index contributed by atoms with van der Waals surface area (Å²) in [6.07, 6.45) is 3.54. The van der Waals surface area contributed by atoms with E-state index in [4.69, 9.17) is 4.74 Å². The van der Waals surface area contributed by atoms with Gasteiger partial charge in [-0.15, -0.1) is 0 Å². The van der Waals surface area contributed by atoms with E-state index in [-0.39, 0.29) is 11.6 Å². The van der Waals surface area contributed by atoms with Gasteiger partial charge in [0.25, 0.3) is 5.56 Å². The molecule has 1 N–H and O–H groups in total. The molecule has 1 fully saturated rings. The van der Waals surface area contributed by atoms with Crippen LogP contribution in [0.5, 0.6) is 0 Å². The molecule has 28 heavy (non-hydrogen) atoms. The number of pyridine rings is 1. The number of fused-ring (bicyclic) bond motifs is 3. The van der Waals surface area contributed by atoms with Crippen LogP contribution in [0.3, 0.4) is 0 Å². The summed E-state index contributed by atoms with van der Waals surface area (Å²) in [4.78, 5) is 15.8. The van der Waals surface area contributed by atoms with Gasteiger partial charge in [0.1, 0.15) is 0 Å². The monoisotopic (exact) mass is 373 g/mol. The van der Waals surface area contributed by atoms with Crippen molar-refractivity contribution < 1.29 is 4.74 Å². The first-order valence-electron chi connectivity index (χ1n) is 9.81. The molecule has 2 aromatic carbocycles. The summed E-state index contributed by atoms with van der Waals surface area (Å²) < 4.78 is 7.53. The van der Waals surface area contributed by atoms with Crippen LogP contribution in [0.1, 0.15) is 30.0 Å². The second-order valence-corrected chi connectivity index (χ2v) is 7.68. The summed E-state index contributed by atoms with van der Waals surface area (Å²) in [7, 11) is 0. The van der Waals surface area contributed by atoms with Crippen molar-refractivity contribution in [3.8, 4) is 11.1 Å². The lowest BCUT2D eigenvalue weighted by molar-refractivity contribution is 0.0675. The van der Waals surface area contributed by atoms with Crippen molar-refractivity contribution in [1.29, 1.82) is 0 Å². The minimum absolute atomic E-state index is 0.0838. The first-order valence-corrected chi connectivity index (χ1v) is 9.81. The fraction of sp³-hybridized carbons (Fsp3) is 0.304. The molecular formula is C23H23N3O2. The molecule has 4 aromatic rings. The quantitative estimate of drug-likeness (QED) is 0.562. The fourth-order valence-corrected chi connectivity index (χ4v) is 4.47. The topological polar surface area (TPSA) is 59.9 Å². The van der Waals surface area contributed by atoms with Crippen molar-refractivity contribution >= 4 is 21.8 Å². The predicted octanol–water partition coefficient (Wildman–Crippen LogP) is 4.51. The number of benzene rings is 2. The van der Waals surface area contributed by atoms with E-state index < -0.39 is 0 Å². The SMILES string of the molecule is Cc1cccc(C)c1-c1ccc2c(c1)[nH]c(=O)c1cnn(C3CCOCC3)c12. The van der Waals surface area contributed by atoms with Gasteiger partial charge in [0.15, 0.2) is 0 Å². The van der Waals surface area contributed by atoms with E-state index in [1.807, 2.05) is 4.68 Å². The molecule has 0 atom stereocenters. The van der Waals surface area contributed by atoms with Crippen LogP contribution >= 0.6 is 0 Å². The van der Waals surface area contributed by atoms with E-state index in [1.54, 1.807) is 6.20 Å². The van der Waals surface area contributed by atoms with Gasteiger partial charge >= 0.3 is 0 Å². The number of aromatic nitrogens is 3. The summed E-state index contributed by atoms with van der Waals surface area (Å²) in [6, 6.07) is 13.0. The molecule has 0 saturated carbocycles. The van der Waals surface area contributed by atoms with Gasteiger partial charge in [-0.3, -0.25) is 9.48 Å². The summed E-state index contributed by atoms with van der Waals surface area (Å²) in [5.74, 6) is 0. The molecule has 0 radical (unpaired) electrons. The van der Waals surface area contributed by atoms with Crippen LogP contribution in [0.25, 0.3) is 32.9 Å². The molecule has 1 aliphatic heterocycles. The Hall–Kier alpha value is -2.92. The van der Waals surface area contributed by atoms with E-state index in [0.29, 0.717) is 5.39 Å². The summed E-state index contributed by atoms with van der Waals surface area (Å²) in [6.45, 7) is 5.73. The zero-order valence-electron chi connectivity index (χ0n) is 16.2. The Morgan fingerprint density at radius 3 is 2.57 bits per heavy atom. The molecule has 1 saturated heterocycles. The number of rotatable bonds is 2. The zero-order valence-corrected chi connectivity index (χ0v) is 16.2. The van der Waals surface area contributed by atoms with Crippen molar-refractivity contribution in [3.63, 3.8) is 0 Å². The molecule has 0 aliphatic carbocycles. The normalized spacial score (nSPS) is 15.5. The second-order valence-electron chi connectivity index (χ2n) is 7.68. The minimum Gasteiger partial charge on any atom is -0.381 e. The highest BCUT2D eigenvalue weighted by Gasteiger charge is 2.21. The minimum atomic E-state index is -0.0838. The Labute approximate surface area is 163 Å². The summed E-state index contributed by atoms with van der Waals surface area (Å²) >= 11 is 0. The average Bonchev–Trinajstić information content (AvgIpc) is 3.14. The first-order chi connectivity index (χ1) is 13.6. The van der Waals surface area contributed by atoms with E-state index in [2.05, 4.69) is 60.3 Å². The molecular weight excluding hydrogens is 350 g/mol. The number of hydrogen-bond donors (Lipinski definition) is 1. The number of H-pyrrole nitrogens is 1. The highest BCUT2D eigenvalue weighted by atomic mass is 16.5. The molecule has 3 heterocycles. The number of ether oxygens (including phenoxy) is 1. The van der Waals surface area contributed by atoms with Crippen LogP contribution in [0.2, 0.25) is 0 Å². The van der Waals surface area contributed by atoms with Crippen molar-refractivity contribution in [2.45, 2.75) is 32.7 Å². The smallest absolute Gasteiger partial charge is 0.259 e. The van der Waals surface area contributed by atoms with Gasteiger partial charge in [0, 0.05) is 18.6 Å². The standard InChI is InChI=1S/C23H23N3O2/c1-14-4-3-5-15(2)21(14)16-6-7-18-20(12-16)25-23(27)19-13-24-26(22(18)19)17-8-10-28-11-9-17/h3-7,12-13,17H,8-11H2,1-2H3,(H,25,27). The van der Waals surface area contributed by atoms with Gasteiger partial charge < -0.3 is 9.72 Å². The number of aromatic amines is 1. The van der Waals surface area contributed by atoms with Gasteiger partial charge in [-0.2, -0.15) is 5.10 Å². The summed E-state index contributed by atoms with van der Waals surface area (Å²) in [5.41, 5.74) is 6.51. The lowest BCUT2D eigenvalue weighted by atomic mass is 9.95. The van der Waals surface area contributed by atoms with Crippen LogP contribution < -0.4 is 5.56 Å². The first kappa shape index (κ1) is 17.2. The largest absolute Gasteiger partial charge is 0.381 e. The lowest BCUT2D eigenvalue weighted by Gasteiger charge is -2.23. The van der Waals surface area contributed by atoms with Gasteiger partial charge in [0.05, 0.1) is 28.7 Å². The highest BCUT2D eigenvalue weighted by molar-refractivity contribution is 6.04. The molecule has 0 bridgehead atoms. The average molecular weight is 373 g/mol. The van der Waals surface area contributed by atoms with Crippen LogP contribution in [-0.2, 0) is 4.74 Å². The zero-order chi connectivity index (χ0) is 19.3. The van der Waals surface area contributed by atoms with Crippen molar-refractivity contribution in [2.75, 3.05) is 13.2 Å². The van der Waals surface area contributed by atoms with E-state index in [1.165, 1.54) is 16.7 Å². The van der Waals surface area contributed by atoms with E-state index in [9.17, 15) is 4.79 Å². The molecule has 5 heteroatoms. The molecule has 2 aromatic heterocycles. The molecule has 0 unspecified atom stereocenters. The van der Waals surface area contributed by atoms with E-state index >= 15 is 0 Å². The lowest BCUT2D eigenvalue weighted by Crippen LogP contribution is -2.20. The van der Waals surface area contributed by atoms with Gasteiger partial charge in [0.2, 0.25) is 0 Å². The third-order valence-electron chi connectivity index (χ3n) is 5.87. The van der Waals surface area contributed by atoms with Crippen LogP contribution in [-0.4, -0.2) is 28.0 Å². The Kier molecular flexibility index (Phi) is 4.05. The van der Waals surface area contributed by atoms with E-state index in [0.717, 1.165) is 48.0 Å². The van der Waals surface area contributed by atoms with Gasteiger partial charge in [-0.25, -0.2) is 0 Å². The van der Waals surface area contributed by atoms with Crippen LogP contribution in [0.15, 0.2) is 47.4 Å². The second kappa shape index (κ2) is 6.60.